The zero-order valence-electron chi connectivity index (χ0n) is 11.1. The normalized spacial score (nSPS) is 12.4. The van der Waals surface area contributed by atoms with Gasteiger partial charge in [0.25, 0.3) is 0 Å². The van der Waals surface area contributed by atoms with E-state index >= 15 is 0 Å². The lowest BCUT2D eigenvalue weighted by molar-refractivity contribution is 0.567. The lowest BCUT2D eigenvalue weighted by atomic mass is 10.0. The molecular weight excluding hydrogens is 305 g/mol. The summed E-state index contributed by atoms with van der Waals surface area (Å²) in [4.78, 5) is 0. The molecule has 1 nitrogen and oxygen atoms in total. The molecular formula is C16H17BrFN. The average molecular weight is 322 g/mol. The predicted octanol–water partition coefficient (Wildman–Crippen LogP) is 4.75. The summed E-state index contributed by atoms with van der Waals surface area (Å²) in [5.41, 5.74) is 3.48. The number of benzene rings is 2. The van der Waals surface area contributed by atoms with Crippen molar-refractivity contribution in [2.75, 3.05) is 0 Å². The first-order valence-corrected chi connectivity index (χ1v) is 7.09. The summed E-state index contributed by atoms with van der Waals surface area (Å²) in [6, 6.07) is 13.5. The monoisotopic (exact) mass is 321 g/mol. The first-order chi connectivity index (χ1) is 9.06. The number of hydrogen-bond donors (Lipinski definition) is 1. The van der Waals surface area contributed by atoms with E-state index in [2.05, 4.69) is 47.2 Å². The number of aryl methyl sites for hydroxylation is 1. The molecule has 0 saturated carbocycles. The highest BCUT2D eigenvalue weighted by Crippen LogP contribution is 2.19. The fraction of sp³-hybridized carbons (Fsp3) is 0.250. The summed E-state index contributed by atoms with van der Waals surface area (Å²) < 4.78 is 14.1. The lowest BCUT2D eigenvalue weighted by Gasteiger charge is -2.16. The number of halogens is 2. The second kappa shape index (κ2) is 6.31. The molecule has 3 heteroatoms. The SMILES string of the molecule is Cc1ccccc1[C@H](C)NCc1cc(F)cc(Br)c1. The average Bonchev–Trinajstić information content (AvgIpc) is 2.35. The van der Waals surface area contributed by atoms with Gasteiger partial charge in [-0.25, -0.2) is 4.39 Å². The molecule has 2 rings (SSSR count). The van der Waals surface area contributed by atoms with E-state index in [1.807, 2.05) is 18.2 Å². The summed E-state index contributed by atoms with van der Waals surface area (Å²) >= 11 is 3.31. The van der Waals surface area contributed by atoms with Crippen LogP contribution in [-0.2, 0) is 6.54 Å². The Labute approximate surface area is 122 Å². The van der Waals surface area contributed by atoms with Gasteiger partial charge in [0.15, 0.2) is 0 Å². The van der Waals surface area contributed by atoms with Gasteiger partial charge in [-0.2, -0.15) is 0 Å². The molecule has 0 saturated heterocycles. The molecule has 0 heterocycles. The Balaban J connectivity index is 2.04. The minimum absolute atomic E-state index is 0.213. The molecule has 2 aromatic carbocycles. The van der Waals surface area contributed by atoms with Crippen molar-refractivity contribution in [3.8, 4) is 0 Å². The van der Waals surface area contributed by atoms with Crippen LogP contribution in [0.4, 0.5) is 4.39 Å². The van der Waals surface area contributed by atoms with Crippen molar-refractivity contribution in [1.29, 1.82) is 0 Å². The lowest BCUT2D eigenvalue weighted by Crippen LogP contribution is -2.19. The van der Waals surface area contributed by atoms with Crippen molar-refractivity contribution in [2.45, 2.75) is 26.4 Å². The van der Waals surface area contributed by atoms with Gasteiger partial charge in [-0.3, -0.25) is 0 Å². The summed E-state index contributed by atoms with van der Waals surface area (Å²) in [5, 5.41) is 3.42. The fourth-order valence-corrected chi connectivity index (χ4v) is 2.68. The Hall–Kier alpha value is -1.19. The molecule has 0 spiro atoms. The predicted molar refractivity (Wildman–Crippen MR) is 80.5 cm³/mol. The number of hydrogen-bond acceptors (Lipinski definition) is 1. The largest absolute Gasteiger partial charge is 0.306 e. The smallest absolute Gasteiger partial charge is 0.124 e. The Morgan fingerprint density at radius 3 is 2.63 bits per heavy atom. The van der Waals surface area contributed by atoms with Gasteiger partial charge in [0, 0.05) is 17.1 Å². The van der Waals surface area contributed by atoms with Crippen molar-refractivity contribution < 1.29 is 4.39 Å². The Bertz CT molecular complexity index is 548. The topological polar surface area (TPSA) is 12.0 Å². The van der Waals surface area contributed by atoms with Crippen LogP contribution >= 0.6 is 15.9 Å². The van der Waals surface area contributed by atoms with Crippen LogP contribution in [0.2, 0.25) is 0 Å². The quantitative estimate of drug-likeness (QED) is 0.857. The molecule has 0 unspecified atom stereocenters. The molecule has 1 N–H and O–H groups in total. The third-order valence-electron chi connectivity index (χ3n) is 3.19. The number of rotatable bonds is 4. The van der Waals surface area contributed by atoms with Gasteiger partial charge < -0.3 is 5.32 Å². The minimum atomic E-state index is -0.213. The van der Waals surface area contributed by atoms with E-state index < -0.39 is 0 Å². The standard InChI is InChI=1S/C16H17BrFN/c1-11-5-3-4-6-16(11)12(2)19-10-13-7-14(17)9-15(18)8-13/h3-9,12,19H,10H2,1-2H3/t12-/m0/s1. The first kappa shape index (κ1) is 14.2. The molecule has 0 amide bonds. The third kappa shape index (κ3) is 3.88. The summed E-state index contributed by atoms with van der Waals surface area (Å²) in [6.45, 7) is 4.87. The van der Waals surface area contributed by atoms with Gasteiger partial charge in [-0.15, -0.1) is 0 Å². The Morgan fingerprint density at radius 1 is 1.21 bits per heavy atom. The highest BCUT2D eigenvalue weighted by molar-refractivity contribution is 9.10. The van der Waals surface area contributed by atoms with Crippen LogP contribution in [0.5, 0.6) is 0 Å². The molecule has 100 valence electrons. The van der Waals surface area contributed by atoms with Gasteiger partial charge in [-0.1, -0.05) is 40.2 Å². The molecule has 2 aromatic rings. The molecule has 0 aliphatic heterocycles. The third-order valence-corrected chi connectivity index (χ3v) is 3.65. The molecule has 0 fully saturated rings. The molecule has 19 heavy (non-hydrogen) atoms. The van der Waals surface area contributed by atoms with Crippen LogP contribution in [0, 0.1) is 12.7 Å². The molecule has 1 atom stereocenters. The van der Waals surface area contributed by atoms with Crippen LogP contribution in [0.1, 0.15) is 29.7 Å². The molecule has 0 aliphatic carbocycles. The maximum absolute atomic E-state index is 13.3. The van der Waals surface area contributed by atoms with Crippen LogP contribution in [0.15, 0.2) is 46.9 Å². The van der Waals surface area contributed by atoms with Crippen molar-refractivity contribution in [3.63, 3.8) is 0 Å². The highest BCUT2D eigenvalue weighted by atomic mass is 79.9. The van der Waals surface area contributed by atoms with Crippen molar-refractivity contribution in [3.05, 3.63) is 69.4 Å². The fourth-order valence-electron chi connectivity index (χ4n) is 2.17. The maximum Gasteiger partial charge on any atom is 0.124 e. The van der Waals surface area contributed by atoms with E-state index in [9.17, 15) is 4.39 Å². The zero-order chi connectivity index (χ0) is 13.8. The van der Waals surface area contributed by atoms with Crippen LogP contribution < -0.4 is 5.32 Å². The molecule has 0 aliphatic rings. The summed E-state index contributed by atoms with van der Waals surface area (Å²) in [6.07, 6.45) is 0. The van der Waals surface area contributed by atoms with E-state index in [0.29, 0.717) is 6.54 Å². The van der Waals surface area contributed by atoms with Crippen LogP contribution in [0.25, 0.3) is 0 Å². The van der Waals surface area contributed by atoms with Gasteiger partial charge in [0.05, 0.1) is 0 Å². The Morgan fingerprint density at radius 2 is 1.95 bits per heavy atom. The van der Waals surface area contributed by atoms with Crippen molar-refractivity contribution in [1.82, 2.24) is 5.32 Å². The second-order valence-corrected chi connectivity index (χ2v) is 5.65. The zero-order valence-corrected chi connectivity index (χ0v) is 12.7. The van der Waals surface area contributed by atoms with Gasteiger partial charge in [0.1, 0.15) is 5.82 Å². The summed E-state index contributed by atoms with van der Waals surface area (Å²) in [5.74, 6) is -0.213. The van der Waals surface area contributed by atoms with Crippen LogP contribution in [-0.4, -0.2) is 0 Å². The van der Waals surface area contributed by atoms with E-state index in [0.717, 1.165) is 10.0 Å². The van der Waals surface area contributed by atoms with Crippen LogP contribution in [0.3, 0.4) is 0 Å². The van der Waals surface area contributed by atoms with E-state index in [1.165, 1.54) is 17.2 Å². The van der Waals surface area contributed by atoms with Gasteiger partial charge in [0.2, 0.25) is 0 Å². The molecule has 0 bridgehead atoms. The van der Waals surface area contributed by atoms with Crippen molar-refractivity contribution in [2.24, 2.45) is 0 Å². The Kier molecular flexibility index (Phi) is 4.72. The minimum Gasteiger partial charge on any atom is -0.306 e. The summed E-state index contributed by atoms with van der Waals surface area (Å²) in [7, 11) is 0. The van der Waals surface area contributed by atoms with Gasteiger partial charge >= 0.3 is 0 Å². The molecule has 0 aromatic heterocycles. The van der Waals surface area contributed by atoms with E-state index in [4.69, 9.17) is 0 Å². The highest BCUT2D eigenvalue weighted by Gasteiger charge is 2.07. The van der Waals surface area contributed by atoms with Gasteiger partial charge in [-0.05, 0) is 48.7 Å². The van der Waals surface area contributed by atoms with Crippen molar-refractivity contribution >= 4 is 15.9 Å². The number of nitrogens with one attached hydrogen (secondary N) is 1. The second-order valence-electron chi connectivity index (χ2n) is 4.74. The van der Waals surface area contributed by atoms with E-state index in [1.54, 1.807) is 6.07 Å². The first-order valence-electron chi connectivity index (χ1n) is 6.30. The van der Waals surface area contributed by atoms with E-state index in [-0.39, 0.29) is 11.9 Å². The maximum atomic E-state index is 13.3. The molecule has 0 radical (unpaired) electrons.